The Morgan fingerprint density at radius 2 is 1.82 bits per heavy atom. The highest BCUT2D eigenvalue weighted by Gasteiger charge is 2.23. The van der Waals surface area contributed by atoms with E-state index in [1.54, 1.807) is 0 Å². The summed E-state index contributed by atoms with van der Waals surface area (Å²) in [6.07, 6.45) is 0.657. The molecule has 22 heavy (non-hydrogen) atoms. The standard InChI is InChI=1S/C17H25NO4/c1-4-10-21-16(19)15(11-13(2)3)18-17(20)22-12-14-8-6-5-7-9-14/h5-9,13,15H,4,10-12H2,1-3H3,(H,18,20). The summed E-state index contributed by atoms with van der Waals surface area (Å²) in [5, 5.41) is 2.59. The number of alkyl carbamates (subject to hydrolysis) is 1. The fraction of sp³-hybridized carbons (Fsp3) is 0.529. The van der Waals surface area contributed by atoms with E-state index in [1.807, 2.05) is 51.1 Å². The van der Waals surface area contributed by atoms with E-state index in [9.17, 15) is 9.59 Å². The van der Waals surface area contributed by atoms with E-state index in [0.29, 0.717) is 13.0 Å². The van der Waals surface area contributed by atoms with E-state index >= 15 is 0 Å². The molecule has 0 aliphatic carbocycles. The molecule has 122 valence electrons. The van der Waals surface area contributed by atoms with Crippen LogP contribution in [0.1, 0.15) is 39.2 Å². The number of hydrogen-bond donors (Lipinski definition) is 1. The zero-order chi connectivity index (χ0) is 16.4. The van der Waals surface area contributed by atoms with Crippen LogP contribution in [0.15, 0.2) is 30.3 Å². The van der Waals surface area contributed by atoms with Gasteiger partial charge in [0, 0.05) is 0 Å². The molecule has 1 N–H and O–H groups in total. The lowest BCUT2D eigenvalue weighted by atomic mass is 10.0. The Hall–Kier alpha value is -2.04. The highest BCUT2D eigenvalue weighted by Crippen LogP contribution is 2.08. The number of rotatable bonds is 8. The van der Waals surface area contributed by atoms with Crippen molar-refractivity contribution in [2.75, 3.05) is 6.61 Å². The third-order valence-corrected chi connectivity index (χ3v) is 2.94. The van der Waals surface area contributed by atoms with Crippen molar-refractivity contribution in [3.05, 3.63) is 35.9 Å². The largest absolute Gasteiger partial charge is 0.464 e. The zero-order valence-electron chi connectivity index (χ0n) is 13.5. The van der Waals surface area contributed by atoms with Gasteiger partial charge in [0.05, 0.1) is 6.61 Å². The van der Waals surface area contributed by atoms with Crippen molar-refractivity contribution in [1.82, 2.24) is 5.32 Å². The summed E-state index contributed by atoms with van der Waals surface area (Å²) in [4.78, 5) is 23.8. The summed E-state index contributed by atoms with van der Waals surface area (Å²) >= 11 is 0. The molecular weight excluding hydrogens is 282 g/mol. The molecule has 1 atom stereocenters. The molecule has 0 radical (unpaired) electrons. The van der Waals surface area contributed by atoms with Crippen molar-refractivity contribution in [2.24, 2.45) is 5.92 Å². The molecule has 1 amide bonds. The molecule has 0 aliphatic rings. The molecule has 1 aromatic carbocycles. The molecule has 0 heterocycles. The fourth-order valence-corrected chi connectivity index (χ4v) is 1.90. The maximum Gasteiger partial charge on any atom is 0.408 e. The van der Waals surface area contributed by atoms with Crippen LogP contribution in [0.4, 0.5) is 4.79 Å². The second kappa shape index (κ2) is 9.82. The van der Waals surface area contributed by atoms with E-state index in [2.05, 4.69) is 5.32 Å². The molecule has 0 saturated heterocycles. The Bertz CT molecular complexity index is 459. The van der Waals surface area contributed by atoms with E-state index in [4.69, 9.17) is 9.47 Å². The van der Waals surface area contributed by atoms with Crippen molar-refractivity contribution in [3.8, 4) is 0 Å². The highest BCUT2D eigenvalue weighted by atomic mass is 16.6. The van der Waals surface area contributed by atoms with Gasteiger partial charge in [-0.15, -0.1) is 0 Å². The summed E-state index contributed by atoms with van der Waals surface area (Å²) in [5.74, 6) is -0.152. The van der Waals surface area contributed by atoms with E-state index in [0.717, 1.165) is 12.0 Å². The van der Waals surface area contributed by atoms with Gasteiger partial charge in [-0.25, -0.2) is 9.59 Å². The molecule has 0 bridgehead atoms. The predicted octanol–water partition coefficient (Wildman–Crippen LogP) is 3.28. The summed E-state index contributed by atoms with van der Waals surface area (Å²) in [6, 6.07) is 8.71. The van der Waals surface area contributed by atoms with Crippen LogP contribution in [0.25, 0.3) is 0 Å². The quantitative estimate of drug-likeness (QED) is 0.749. The molecule has 0 aromatic heterocycles. The predicted molar refractivity (Wildman–Crippen MR) is 84.3 cm³/mol. The van der Waals surface area contributed by atoms with Crippen LogP contribution in [0.5, 0.6) is 0 Å². The Kier molecular flexibility index (Phi) is 8.04. The number of benzene rings is 1. The van der Waals surface area contributed by atoms with Gasteiger partial charge in [0.15, 0.2) is 0 Å². The summed E-state index contributed by atoms with van der Waals surface area (Å²) in [6.45, 7) is 6.42. The molecule has 0 spiro atoms. The maximum absolute atomic E-state index is 12.0. The normalized spacial score (nSPS) is 11.8. The van der Waals surface area contributed by atoms with E-state index in [-0.39, 0.29) is 12.5 Å². The summed E-state index contributed by atoms with van der Waals surface area (Å²) < 4.78 is 10.2. The van der Waals surface area contributed by atoms with Crippen LogP contribution in [0, 0.1) is 5.92 Å². The fourth-order valence-electron chi connectivity index (χ4n) is 1.90. The number of nitrogens with one attached hydrogen (secondary N) is 1. The molecule has 0 saturated carbocycles. The Balaban J connectivity index is 2.49. The summed E-state index contributed by atoms with van der Waals surface area (Å²) in [7, 11) is 0. The average Bonchev–Trinajstić information content (AvgIpc) is 2.50. The Labute approximate surface area is 132 Å². The molecule has 1 aromatic rings. The second-order valence-electron chi connectivity index (χ2n) is 5.56. The lowest BCUT2D eigenvalue weighted by Gasteiger charge is -2.19. The van der Waals surface area contributed by atoms with Gasteiger partial charge < -0.3 is 14.8 Å². The van der Waals surface area contributed by atoms with Crippen LogP contribution < -0.4 is 5.32 Å². The first kappa shape index (κ1) is 18.0. The van der Waals surface area contributed by atoms with Gasteiger partial charge in [-0.2, -0.15) is 0 Å². The van der Waals surface area contributed by atoms with Crippen molar-refractivity contribution >= 4 is 12.1 Å². The zero-order valence-corrected chi connectivity index (χ0v) is 13.5. The van der Waals surface area contributed by atoms with Crippen molar-refractivity contribution in [2.45, 2.75) is 46.3 Å². The molecule has 0 aliphatic heterocycles. The van der Waals surface area contributed by atoms with Crippen molar-refractivity contribution in [3.63, 3.8) is 0 Å². The molecule has 5 nitrogen and oxygen atoms in total. The smallest absolute Gasteiger partial charge is 0.408 e. The third-order valence-electron chi connectivity index (χ3n) is 2.94. The molecule has 5 heteroatoms. The summed E-state index contributed by atoms with van der Waals surface area (Å²) in [5.41, 5.74) is 0.895. The van der Waals surface area contributed by atoms with Crippen LogP contribution in [-0.4, -0.2) is 24.7 Å². The van der Waals surface area contributed by atoms with Crippen LogP contribution in [-0.2, 0) is 20.9 Å². The average molecular weight is 307 g/mol. The lowest BCUT2D eigenvalue weighted by molar-refractivity contribution is -0.146. The van der Waals surface area contributed by atoms with Crippen LogP contribution in [0.3, 0.4) is 0 Å². The number of ether oxygens (including phenoxy) is 2. The Morgan fingerprint density at radius 3 is 2.41 bits per heavy atom. The van der Waals surface area contributed by atoms with Gasteiger partial charge in [-0.3, -0.25) is 0 Å². The van der Waals surface area contributed by atoms with Crippen molar-refractivity contribution in [1.29, 1.82) is 0 Å². The topological polar surface area (TPSA) is 64.6 Å². The monoisotopic (exact) mass is 307 g/mol. The van der Waals surface area contributed by atoms with Gasteiger partial charge in [0.25, 0.3) is 0 Å². The maximum atomic E-state index is 12.0. The highest BCUT2D eigenvalue weighted by molar-refractivity contribution is 5.81. The molecular formula is C17H25NO4. The lowest BCUT2D eigenvalue weighted by Crippen LogP contribution is -2.43. The minimum atomic E-state index is -0.671. The number of hydrogen-bond acceptors (Lipinski definition) is 4. The van der Waals surface area contributed by atoms with Crippen LogP contribution >= 0.6 is 0 Å². The number of carbonyl (C=O) groups excluding carboxylic acids is 2. The van der Waals surface area contributed by atoms with E-state index in [1.165, 1.54) is 0 Å². The number of esters is 1. The second-order valence-corrected chi connectivity index (χ2v) is 5.56. The SMILES string of the molecule is CCCOC(=O)C(CC(C)C)NC(=O)OCc1ccccc1. The first-order chi connectivity index (χ1) is 10.5. The van der Waals surface area contributed by atoms with Gasteiger partial charge in [-0.05, 0) is 24.3 Å². The number of amides is 1. The van der Waals surface area contributed by atoms with Crippen LogP contribution in [0.2, 0.25) is 0 Å². The minimum Gasteiger partial charge on any atom is -0.464 e. The molecule has 1 unspecified atom stereocenters. The van der Waals surface area contributed by atoms with Crippen molar-refractivity contribution < 1.29 is 19.1 Å². The van der Waals surface area contributed by atoms with Gasteiger partial charge in [-0.1, -0.05) is 51.1 Å². The van der Waals surface area contributed by atoms with E-state index < -0.39 is 18.1 Å². The first-order valence-electron chi connectivity index (χ1n) is 7.66. The first-order valence-corrected chi connectivity index (χ1v) is 7.66. The third kappa shape index (κ3) is 7.11. The molecule has 1 rings (SSSR count). The van der Waals surface area contributed by atoms with Gasteiger partial charge in [0.2, 0.25) is 0 Å². The number of carbonyl (C=O) groups is 2. The minimum absolute atomic E-state index is 0.172. The van der Waals surface area contributed by atoms with Gasteiger partial charge >= 0.3 is 12.1 Å². The molecule has 0 fully saturated rings. The van der Waals surface area contributed by atoms with Gasteiger partial charge in [0.1, 0.15) is 12.6 Å². The Morgan fingerprint density at radius 1 is 1.14 bits per heavy atom.